The van der Waals surface area contributed by atoms with Crippen LogP contribution in [0.1, 0.15) is 31.9 Å². The SMILES string of the molecule is C[C@@H](CCl)COc1ccc(C(C)(C)c2ccc(OC[C@H](O)CN3CCNCC3)cc2)cc1. The van der Waals surface area contributed by atoms with E-state index in [1.807, 2.05) is 24.3 Å². The number of β-amino-alcohol motifs (C(OH)–C–C–N with tert-alkyl or cyclic N) is 1. The van der Waals surface area contributed by atoms with Crippen LogP contribution in [0, 0.1) is 5.92 Å². The number of aliphatic hydroxyl groups is 1. The lowest BCUT2D eigenvalue weighted by Gasteiger charge is -2.29. The molecular weight excluding hydrogens is 424 g/mol. The summed E-state index contributed by atoms with van der Waals surface area (Å²) in [5.41, 5.74) is 2.27. The Morgan fingerprint density at radius 1 is 0.938 bits per heavy atom. The van der Waals surface area contributed by atoms with E-state index in [9.17, 15) is 5.11 Å². The molecule has 5 nitrogen and oxygen atoms in total. The van der Waals surface area contributed by atoms with Crippen LogP contribution < -0.4 is 14.8 Å². The van der Waals surface area contributed by atoms with Gasteiger partial charge in [0, 0.05) is 49.9 Å². The summed E-state index contributed by atoms with van der Waals surface area (Å²) in [5.74, 6) is 2.57. The van der Waals surface area contributed by atoms with Gasteiger partial charge in [0.15, 0.2) is 0 Å². The number of piperazine rings is 1. The summed E-state index contributed by atoms with van der Waals surface area (Å²) >= 11 is 5.85. The number of rotatable bonds is 11. The molecule has 6 heteroatoms. The lowest BCUT2D eigenvalue weighted by Crippen LogP contribution is -2.47. The molecule has 0 spiro atoms. The van der Waals surface area contributed by atoms with E-state index in [1.165, 1.54) is 11.1 Å². The van der Waals surface area contributed by atoms with Crippen molar-refractivity contribution < 1.29 is 14.6 Å². The normalized spacial score (nSPS) is 17.0. The number of hydrogen-bond acceptors (Lipinski definition) is 5. The molecule has 1 heterocycles. The summed E-state index contributed by atoms with van der Waals surface area (Å²) in [4.78, 5) is 2.27. The largest absolute Gasteiger partial charge is 0.493 e. The third-order valence-electron chi connectivity index (χ3n) is 6.07. The molecule has 1 aliphatic heterocycles. The van der Waals surface area contributed by atoms with Crippen LogP contribution in [0.25, 0.3) is 0 Å². The van der Waals surface area contributed by atoms with Gasteiger partial charge in [0.2, 0.25) is 0 Å². The van der Waals surface area contributed by atoms with Crippen LogP contribution in [0.2, 0.25) is 0 Å². The van der Waals surface area contributed by atoms with Gasteiger partial charge >= 0.3 is 0 Å². The maximum Gasteiger partial charge on any atom is 0.119 e. The minimum Gasteiger partial charge on any atom is -0.493 e. The molecule has 2 aromatic rings. The van der Waals surface area contributed by atoms with E-state index in [1.54, 1.807) is 0 Å². The Morgan fingerprint density at radius 2 is 1.44 bits per heavy atom. The summed E-state index contributed by atoms with van der Waals surface area (Å²) in [6.07, 6.45) is -0.489. The number of hydrogen-bond donors (Lipinski definition) is 2. The lowest BCUT2D eigenvalue weighted by atomic mass is 9.78. The molecule has 1 fully saturated rings. The molecule has 0 bridgehead atoms. The van der Waals surface area contributed by atoms with Crippen LogP contribution in [-0.2, 0) is 5.41 Å². The topological polar surface area (TPSA) is 54.0 Å². The molecule has 2 aromatic carbocycles. The molecular formula is C26H37ClN2O3. The second-order valence-corrected chi connectivity index (χ2v) is 9.57. The molecule has 3 rings (SSSR count). The third-order valence-corrected chi connectivity index (χ3v) is 6.60. The summed E-state index contributed by atoms with van der Waals surface area (Å²) in [7, 11) is 0. The van der Waals surface area contributed by atoms with Crippen LogP contribution in [0.3, 0.4) is 0 Å². The van der Waals surface area contributed by atoms with Gasteiger partial charge in [-0.15, -0.1) is 11.6 Å². The molecule has 176 valence electrons. The van der Waals surface area contributed by atoms with Crippen molar-refractivity contribution in [1.82, 2.24) is 10.2 Å². The van der Waals surface area contributed by atoms with Crippen molar-refractivity contribution in [1.29, 1.82) is 0 Å². The molecule has 1 aliphatic rings. The smallest absolute Gasteiger partial charge is 0.119 e. The Labute approximate surface area is 197 Å². The Kier molecular flexibility index (Phi) is 9.23. The van der Waals surface area contributed by atoms with Gasteiger partial charge in [-0.2, -0.15) is 0 Å². The van der Waals surface area contributed by atoms with Crippen LogP contribution >= 0.6 is 11.6 Å². The zero-order valence-electron chi connectivity index (χ0n) is 19.5. The van der Waals surface area contributed by atoms with Gasteiger partial charge in [-0.3, -0.25) is 4.90 Å². The Bertz CT molecular complexity index is 805. The number of halogens is 1. The van der Waals surface area contributed by atoms with Crippen molar-refractivity contribution in [3.05, 3.63) is 59.7 Å². The third kappa shape index (κ3) is 7.11. The highest BCUT2D eigenvalue weighted by Gasteiger charge is 2.23. The minimum absolute atomic E-state index is 0.150. The number of aliphatic hydroxyl groups excluding tert-OH is 1. The van der Waals surface area contributed by atoms with Crippen LogP contribution in [0.4, 0.5) is 0 Å². The molecule has 0 aliphatic carbocycles. The summed E-state index contributed by atoms with van der Waals surface area (Å²) in [6.45, 7) is 12.0. The molecule has 2 atom stereocenters. The predicted octanol–water partition coefficient (Wildman–Crippen LogP) is 3.91. The number of nitrogens with one attached hydrogen (secondary N) is 1. The Hall–Kier alpha value is -1.79. The fourth-order valence-corrected chi connectivity index (χ4v) is 3.91. The van der Waals surface area contributed by atoms with Gasteiger partial charge in [-0.1, -0.05) is 45.0 Å². The fraction of sp³-hybridized carbons (Fsp3) is 0.538. The fourth-order valence-electron chi connectivity index (χ4n) is 3.82. The predicted molar refractivity (Wildman–Crippen MR) is 131 cm³/mol. The van der Waals surface area contributed by atoms with Crippen LogP contribution in [0.15, 0.2) is 48.5 Å². The quantitative estimate of drug-likeness (QED) is 0.498. The van der Waals surface area contributed by atoms with Gasteiger partial charge in [0.25, 0.3) is 0 Å². The highest BCUT2D eigenvalue weighted by Crippen LogP contribution is 2.33. The van der Waals surface area contributed by atoms with Gasteiger partial charge in [-0.25, -0.2) is 0 Å². The second-order valence-electron chi connectivity index (χ2n) is 9.26. The molecule has 0 amide bonds. The van der Waals surface area contributed by atoms with Gasteiger partial charge < -0.3 is 19.9 Å². The first-order chi connectivity index (χ1) is 15.4. The standard InChI is InChI=1S/C26H37ClN2O3/c1-20(16-27)18-31-24-8-4-21(5-9-24)26(2,3)22-6-10-25(11-7-22)32-19-23(30)17-29-14-12-28-13-15-29/h4-11,20,23,28,30H,12-19H2,1-3H3/t20-,23+/m0/s1. The summed E-state index contributed by atoms with van der Waals surface area (Å²) in [5, 5.41) is 13.6. The lowest BCUT2D eigenvalue weighted by molar-refractivity contribution is 0.0641. The zero-order valence-corrected chi connectivity index (χ0v) is 20.3. The highest BCUT2D eigenvalue weighted by molar-refractivity contribution is 6.18. The van der Waals surface area contributed by atoms with Crippen molar-refractivity contribution >= 4 is 11.6 Å². The number of benzene rings is 2. The first-order valence-corrected chi connectivity index (χ1v) is 12.1. The van der Waals surface area contributed by atoms with E-state index < -0.39 is 6.10 Å². The van der Waals surface area contributed by atoms with Crippen molar-refractivity contribution in [2.45, 2.75) is 32.3 Å². The van der Waals surface area contributed by atoms with E-state index >= 15 is 0 Å². The van der Waals surface area contributed by atoms with Crippen LogP contribution in [-0.4, -0.2) is 67.9 Å². The van der Waals surface area contributed by atoms with E-state index in [0.717, 1.165) is 37.7 Å². The number of alkyl halides is 1. The van der Waals surface area contributed by atoms with Crippen molar-refractivity contribution in [3.63, 3.8) is 0 Å². The van der Waals surface area contributed by atoms with Gasteiger partial charge in [-0.05, 0) is 35.4 Å². The molecule has 1 saturated heterocycles. The average molecular weight is 461 g/mol. The van der Waals surface area contributed by atoms with E-state index in [4.69, 9.17) is 21.1 Å². The van der Waals surface area contributed by atoms with E-state index in [0.29, 0.717) is 31.6 Å². The molecule has 0 unspecified atom stereocenters. The highest BCUT2D eigenvalue weighted by atomic mass is 35.5. The Balaban J connectivity index is 1.53. The molecule has 0 radical (unpaired) electrons. The first-order valence-electron chi connectivity index (χ1n) is 11.5. The Morgan fingerprint density at radius 3 is 1.94 bits per heavy atom. The summed E-state index contributed by atoms with van der Waals surface area (Å²) < 4.78 is 11.6. The molecule has 0 aromatic heterocycles. The number of nitrogens with zero attached hydrogens (tertiary/aromatic N) is 1. The second kappa shape index (κ2) is 11.9. The van der Waals surface area contributed by atoms with Crippen molar-refractivity contribution in [3.8, 4) is 11.5 Å². The zero-order chi connectivity index (χ0) is 23.0. The van der Waals surface area contributed by atoms with Gasteiger partial charge in [0.1, 0.15) is 24.2 Å². The van der Waals surface area contributed by atoms with Crippen molar-refractivity contribution in [2.75, 3.05) is 51.8 Å². The molecule has 0 saturated carbocycles. The van der Waals surface area contributed by atoms with E-state index in [-0.39, 0.29) is 5.41 Å². The maximum atomic E-state index is 10.3. The average Bonchev–Trinajstić information content (AvgIpc) is 2.82. The van der Waals surface area contributed by atoms with Crippen LogP contribution in [0.5, 0.6) is 11.5 Å². The van der Waals surface area contributed by atoms with E-state index in [2.05, 4.69) is 55.3 Å². The molecule has 32 heavy (non-hydrogen) atoms. The number of ether oxygens (including phenoxy) is 2. The maximum absolute atomic E-state index is 10.3. The minimum atomic E-state index is -0.489. The molecule has 2 N–H and O–H groups in total. The van der Waals surface area contributed by atoms with Gasteiger partial charge in [0.05, 0.1) is 6.61 Å². The monoisotopic (exact) mass is 460 g/mol. The summed E-state index contributed by atoms with van der Waals surface area (Å²) in [6, 6.07) is 16.5. The van der Waals surface area contributed by atoms with Crippen molar-refractivity contribution in [2.24, 2.45) is 5.92 Å². The first kappa shape index (κ1) is 24.8.